The van der Waals surface area contributed by atoms with Crippen molar-refractivity contribution in [3.05, 3.63) is 40.4 Å². The highest BCUT2D eigenvalue weighted by molar-refractivity contribution is 6.30. The number of hydrogen-bond acceptors (Lipinski definition) is 6. The summed E-state index contributed by atoms with van der Waals surface area (Å²) in [6.07, 6.45) is 3.84. The largest absolute Gasteiger partial charge is 0.444 e. The number of amides is 1. The molecule has 0 bridgehead atoms. The van der Waals surface area contributed by atoms with E-state index in [9.17, 15) is 4.79 Å². The third-order valence-electron chi connectivity index (χ3n) is 6.25. The SMILES string of the molecule is COCC(C)OC1CCC(c2nnc3n2-c2ccc(Cl)cc2CN(C(=O)OC(C)(C)C)C3)CC1. The third kappa shape index (κ3) is 5.73. The van der Waals surface area contributed by atoms with Crippen LogP contribution in [-0.4, -0.2) is 57.3 Å². The van der Waals surface area contributed by atoms with Gasteiger partial charge in [-0.1, -0.05) is 11.6 Å². The van der Waals surface area contributed by atoms with Gasteiger partial charge in [0.2, 0.25) is 0 Å². The molecule has 34 heavy (non-hydrogen) atoms. The van der Waals surface area contributed by atoms with Crippen molar-refractivity contribution >= 4 is 17.7 Å². The van der Waals surface area contributed by atoms with Gasteiger partial charge in [0.05, 0.1) is 37.6 Å². The van der Waals surface area contributed by atoms with Gasteiger partial charge in [-0.15, -0.1) is 10.2 Å². The summed E-state index contributed by atoms with van der Waals surface area (Å²) < 4.78 is 19.1. The molecule has 1 atom stereocenters. The van der Waals surface area contributed by atoms with Gasteiger partial charge in [0, 0.05) is 18.1 Å². The second-order valence-corrected chi connectivity index (χ2v) is 10.7. The van der Waals surface area contributed by atoms with Crippen LogP contribution in [0.1, 0.15) is 76.5 Å². The number of halogens is 1. The molecule has 2 aliphatic rings. The predicted molar refractivity (Wildman–Crippen MR) is 129 cm³/mol. The van der Waals surface area contributed by atoms with Gasteiger partial charge in [0.25, 0.3) is 0 Å². The van der Waals surface area contributed by atoms with Crippen molar-refractivity contribution in [3.8, 4) is 5.69 Å². The van der Waals surface area contributed by atoms with E-state index in [0.29, 0.717) is 24.7 Å². The number of hydrogen-bond donors (Lipinski definition) is 0. The van der Waals surface area contributed by atoms with E-state index < -0.39 is 5.60 Å². The van der Waals surface area contributed by atoms with Crippen LogP contribution in [0.2, 0.25) is 5.02 Å². The summed E-state index contributed by atoms with van der Waals surface area (Å²) in [7, 11) is 1.70. The second-order valence-electron chi connectivity index (χ2n) is 10.3. The van der Waals surface area contributed by atoms with Gasteiger partial charge >= 0.3 is 6.09 Å². The van der Waals surface area contributed by atoms with Crippen molar-refractivity contribution in [1.29, 1.82) is 0 Å². The first-order chi connectivity index (χ1) is 16.1. The van der Waals surface area contributed by atoms with E-state index >= 15 is 0 Å². The predicted octanol–water partition coefficient (Wildman–Crippen LogP) is 5.25. The normalized spacial score (nSPS) is 21.4. The Morgan fingerprint density at radius 1 is 1.18 bits per heavy atom. The van der Waals surface area contributed by atoms with Crippen LogP contribution in [0.15, 0.2) is 18.2 Å². The first kappa shape index (κ1) is 24.9. The van der Waals surface area contributed by atoms with E-state index in [4.69, 9.17) is 25.8 Å². The van der Waals surface area contributed by atoms with Crippen molar-refractivity contribution in [1.82, 2.24) is 19.7 Å². The molecule has 1 unspecified atom stereocenters. The monoisotopic (exact) mass is 490 g/mol. The highest BCUT2D eigenvalue weighted by atomic mass is 35.5. The molecule has 1 aliphatic heterocycles. The minimum Gasteiger partial charge on any atom is -0.444 e. The summed E-state index contributed by atoms with van der Waals surface area (Å²) in [5.41, 5.74) is 1.34. The Hall–Kier alpha value is -2.16. The summed E-state index contributed by atoms with van der Waals surface area (Å²) in [6.45, 7) is 8.96. The molecule has 8 nitrogen and oxygen atoms in total. The van der Waals surface area contributed by atoms with Crippen LogP contribution >= 0.6 is 11.6 Å². The smallest absolute Gasteiger partial charge is 0.411 e. The Labute approximate surface area is 206 Å². The van der Waals surface area contributed by atoms with Crippen molar-refractivity contribution in [2.24, 2.45) is 0 Å². The number of carbonyl (C=O) groups excluding carboxylic acids is 1. The average Bonchev–Trinajstić information content (AvgIpc) is 3.09. The molecule has 1 amide bonds. The quantitative estimate of drug-likeness (QED) is 0.569. The van der Waals surface area contributed by atoms with Crippen LogP contribution in [-0.2, 0) is 27.3 Å². The molecule has 9 heteroatoms. The molecule has 0 N–H and O–H groups in total. The van der Waals surface area contributed by atoms with Crippen LogP contribution < -0.4 is 0 Å². The Morgan fingerprint density at radius 2 is 1.91 bits per heavy atom. The first-order valence-corrected chi connectivity index (χ1v) is 12.4. The molecular weight excluding hydrogens is 456 g/mol. The molecule has 0 radical (unpaired) electrons. The fourth-order valence-electron chi connectivity index (χ4n) is 4.81. The van der Waals surface area contributed by atoms with E-state index in [1.165, 1.54) is 0 Å². The summed E-state index contributed by atoms with van der Waals surface area (Å²) in [4.78, 5) is 14.6. The molecule has 2 heterocycles. The number of aromatic nitrogens is 3. The Bertz CT molecular complexity index is 1010. The number of nitrogens with zero attached hydrogens (tertiary/aromatic N) is 4. The summed E-state index contributed by atoms with van der Waals surface area (Å²) in [5, 5.41) is 9.75. The van der Waals surface area contributed by atoms with E-state index in [2.05, 4.69) is 14.8 Å². The Morgan fingerprint density at radius 3 is 2.59 bits per heavy atom. The van der Waals surface area contributed by atoms with Gasteiger partial charge in [0.1, 0.15) is 11.4 Å². The second kappa shape index (κ2) is 10.2. The zero-order valence-electron chi connectivity index (χ0n) is 20.7. The summed E-state index contributed by atoms with van der Waals surface area (Å²) in [6, 6.07) is 5.78. The number of methoxy groups -OCH3 is 1. The lowest BCUT2D eigenvalue weighted by Gasteiger charge is -2.30. The maximum absolute atomic E-state index is 12.9. The zero-order chi connectivity index (χ0) is 24.5. The third-order valence-corrected chi connectivity index (χ3v) is 6.48. The van der Waals surface area contributed by atoms with Crippen LogP contribution in [0.5, 0.6) is 0 Å². The highest BCUT2D eigenvalue weighted by Gasteiger charge is 2.33. The van der Waals surface area contributed by atoms with Crippen LogP contribution in [0.3, 0.4) is 0 Å². The molecule has 1 fully saturated rings. The van der Waals surface area contributed by atoms with E-state index in [1.807, 2.05) is 45.9 Å². The first-order valence-electron chi connectivity index (χ1n) is 12.0. The fraction of sp³-hybridized carbons (Fsp3) is 0.640. The lowest BCUT2D eigenvalue weighted by atomic mass is 9.86. The van der Waals surface area contributed by atoms with Crippen LogP contribution in [0.4, 0.5) is 4.79 Å². The molecule has 1 aliphatic carbocycles. The molecular formula is C25H35ClN4O4. The zero-order valence-corrected chi connectivity index (χ0v) is 21.5. The molecule has 186 valence electrons. The molecule has 2 aromatic rings. The molecule has 1 aromatic carbocycles. The van der Waals surface area contributed by atoms with Crippen molar-refractivity contribution < 1.29 is 19.0 Å². The molecule has 1 aromatic heterocycles. The van der Waals surface area contributed by atoms with Crippen molar-refractivity contribution in [3.63, 3.8) is 0 Å². The van der Waals surface area contributed by atoms with Gasteiger partial charge < -0.3 is 14.2 Å². The minimum absolute atomic E-state index is 0.0892. The Kier molecular flexibility index (Phi) is 7.50. The number of ether oxygens (including phenoxy) is 3. The molecule has 4 rings (SSSR count). The van der Waals surface area contributed by atoms with Gasteiger partial charge in [-0.05, 0) is 77.1 Å². The van der Waals surface area contributed by atoms with E-state index in [0.717, 1.165) is 48.6 Å². The van der Waals surface area contributed by atoms with Crippen LogP contribution in [0, 0.1) is 0 Å². The van der Waals surface area contributed by atoms with Gasteiger partial charge in [-0.2, -0.15) is 0 Å². The number of carbonyl (C=O) groups is 1. The fourth-order valence-corrected chi connectivity index (χ4v) is 5.00. The maximum atomic E-state index is 12.9. The van der Waals surface area contributed by atoms with Crippen molar-refractivity contribution in [2.75, 3.05) is 13.7 Å². The topological polar surface area (TPSA) is 78.7 Å². The molecule has 0 saturated heterocycles. The van der Waals surface area contributed by atoms with Crippen molar-refractivity contribution in [2.45, 2.75) is 90.2 Å². The van der Waals surface area contributed by atoms with Crippen LogP contribution in [0.25, 0.3) is 5.69 Å². The lowest BCUT2D eigenvalue weighted by Crippen LogP contribution is -2.35. The highest BCUT2D eigenvalue weighted by Crippen LogP contribution is 2.37. The standard InChI is InChI=1S/C25H35ClN4O4/c1-16(15-32-5)33-20-9-6-17(7-10-20)23-28-27-22-14-29(24(31)34-25(2,3)4)13-18-12-19(26)8-11-21(18)30(22)23/h8,11-12,16-17,20H,6-7,9-10,13-15H2,1-5H3. The van der Waals surface area contributed by atoms with E-state index in [-0.39, 0.29) is 24.2 Å². The van der Waals surface area contributed by atoms with Gasteiger partial charge in [-0.3, -0.25) is 9.47 Å². The van der Waals surface area contributed by atoms with Gasteiger partial charge in [0.15, 0.2) is 5.82 Å². The molecule has 0 spiro atoms. The summed E-state index contributed by atoms with van der Waals surface area (Å²) >= 11 is 6.34. The maximum Gasteiger partial charge on any atom is 0.411 e. The molecule has 1 saturated carbocycles. The summed E-state index contributed by atoms with van der Waals surface area (Å²) in [5.74, 6) is 1.94. The minimum atomic E-state index is -0.582. The Balaban J connectivity index is 1.59. The number of rotatable bonds is 5. The van der Waals surface area contributed by atoms with Gasteiger partial charge in [-0.25, -0.2) is 4.79 Å². The van der Waals surface area contributed by atoms with E-state index in [1.54, 1.807) is 12.0 Å². The lowest BCUT2D eigenvalue weighted by molar-refractivity contribution is -0.0538. The number of fused-ring (bicyclic) bond motifs is 3. The number of benzene rings is 1. The average molecular weight is 491 g/mol.